The van der Waals surface area contributed by atoms with Gasteiger partial charge in [0, 0.05) is 37.4 Å². The Hall–Kier alpha value is -1.10. The molecule has 1 aliphatic rings. The van der Waals surface area contributed by atoms with Crippen molar-refractivity contribution in [1.29, 1.82) is 0 Å². The minimum atomic E-state index is 0.0375. The Morgan fingerprint density at radius 3 is 3.05 bits per heavy atom. The van der Waals surface area contributed by atoms with E-state index in [1.54, 1.807) is 19.2 Å². The molecule has 1 heterocycles. The summed E-state index contributed by atoms with van der Waals surface area (Å²) in [4.78, 5) is 14.3. The third kappa shape index (κ3) is 3.72. The fraction of sp³-hybridized carbons (Fsp3) is 0.533. The van der Waals surface area contributed by atoms with Gasteiger partial charge in [0.15, 0.2) is 0 Å². The number of ether oxygens (including phenoxy) is 2. The molecule has 1 fully saturated rings. The summed E-state index contributed by atoms with van der Waals surface area (Å²) in [6.07, 6.45) is 0.862. The van der Waals surface area contributed by atoms with Crippen LogP contribution in [0.2, 0.25) is 5.02 Å². The van der Waals surface area contributed by atoms with Gasteiger partial charge in [-0.25, -0.2) is 0 Å². The number of amides is 1. The highest BCUT2D eigenvalue weighted by Crippen LogP contribution is 2.19. The Bertz CT molecular complexity index is 478. The fourth-order valence-electron chi connectivity index (χ4n) is 2.29. The number of methoxy groups -OCH3 is 1. The molecule has 1 atom stereocenters. The lowest BCUT2D eigenvalue weighted by molar-refractivity contribution is -0.0332. The zero-order chi connectivity index (χ0) is 14.5. The molecule has 1 aromatic rings. The predicted octanol–water partition coefficient (Wildman–Crippen LogP) is 2.53. The van der Waals surface area contributed by atoms with Crippen molar-refractivity contribution in [1.82, 2.24) is 4.90 Å². The van der Waals surface area contributed by atoms with Gasteiger partial charge >= 0.3 is 0 Å². The number of aryl methyl sites for hydroxylation is 1. The Balaban J connectivity index is 2.02. The first-order valence-electron chi connectivity index (χ1n) is 6.77. The molecule has 1 saturated heterocycles. The molecule has 4 nitrogen and oxygen atoms in total. The average molecular weight is 298 g/mol. The van der Waals surface area contributed by atoms with E-state index in [1.165, 1.54) is 0 Å². The number of benzene rings is 1. The first-order chi connectivity index (χ1) is 9.61. The number of nitrogens with zero attached hydrogens (tertiary/aromatic N) is 1. The molecule has 1 aliphatic heterocycles. The highest BCUT2D eigenvalue weighted by atomic mass is 35.5. The van der Waals surface area contributed by atoms with Crippen LogP contribution in [0.1, 0.15) is 22.3 Å². The maximum absolute atomic E-state index is 12.5. The number of halogens is 1. The van der Waals surface area contributed by atoms with Crippen molar-refractivity contribution in [2.45, 2.75) is 19.4 Å². The third-order valence-electron chi connectivity index (χ3n) is 3.47. The van der Waals surface area contributed by atoms with Crippen LogP contribution < -0.4 is 0 Å². The van der Waals surface area contributed by atoms with E-state index in [4.69, 9.17) is 21.1 Å². The minimum absolute atomic E-state index is 0.0375. The predicted molar refractivity (Wildman–Crippen MR) is 78.3 cm³/mol. The monoisotopic (exact) mass is 297 g/mol. The van der Waals surface area contributed by atoms with Gasteiger partial charge in [-0.15, -0.1) is 0 Å². The van der Waals surface area contributed by atoms with Crippen molar-refractivity contribution in [3.63, 3.8) is 0 Å². The molecule has 0 aliphatic carbocycles. The number of hydrogen-bond acceptors (Lipinski definition) is 3. The summed E-state index contributed by atoms with van der Waals surface area (Å²) in [6, 6.07) is 5.38. The second kappa shape index (κ2) is 7.07. The number of carbonyl (C=O) groups excluding carboxylic acids is 1. The minimum Gasteiger partial charge on any atom is -0.385 e. The Labute approximate surface area is 124 Å². The van der Waals surface area contributed by atoms with Gasteiger partial charge in [0.25, 0.3) is 5.91 Å². The molecule has 0 radical (unpaired) electrons. The highest BCUT2D eigenvalue weighted by molar-refractivity contribution is 6.31. The largest absolute Gasteiger partial charge is 0.385 e. The van der Waals surface area contributed by atoms with Crippen LogP contribution in [-0.4, -0.2) is 50.3 Å². The topological polar surface area (TPSA) is 38.8 Å². The van der Waals surface area contributed by atoms with Crippen LogP contribution in [-0.2, 0) is 9.47 Å². The number of morpholine rings is 1. The second-order valence-electron chi connectivity index (χ2n) is 4.99. The van der Waals surface area contributed by atoms with E-state index in [1.807, 2.05) is 17.9 Å². The molecular formula is C15H20ClNO3. The van der Waals surface area contributed by atoms with Gasteiger partial charge in [-0.05, 0) is 37.1 Å². The molecule has 2 rings (SSSR count). The maximum Gasteiger partial charge on any atom is 0.254 e. The van der Waals surface area contributed by atoms with E-state index in [9.17, 15) is 4.79 Å². The highest BCUT2D eigenvalue weighted by Gasteiger charge is 2.24. The van der Waals surface area contributed by atoms with Crippen LogP contribution in [0.3, 0.4) is 0 Å². The molecule has 110 valence electrons. The standard InChI is InChI=1S/C15H20ClNO3/c1-11-9-12(3-4-14(11)16)15(18)17-6-8-20-13(10-17)5-7-19-2/h3-4,9,13H,5-8,10H2,1-2H3/t13-/m0/s1. The summed E-state index contributed by atoms with van der Waals surface area (Å²) >= 11 is 5.99. The van der Waals surface area contributed by atoms with Gasteiger partial charge in [0.05, 0.1) is 12.7 Å². The molecule has 1 aromatic carbocycles. The number of carbonyl (C=O) groups is 1. The summed E-state index contributed by atoms with van der Waals surface area (Å²) < 4.78 is 10.7. The Morgan fingerprint density at radius 1 is 1.55 bits per heavy atom. The first-order valence-corrected chi connectivity index (χ1v) is 7.15. The van der Waals surface area contributed by atoms with Gasteiger partial charge in [-0.1, -0.05) is 11.6 Å². The maximum atomic E-state index is 12.5. The Kier molecular flexibility index (Phi) is 5.40. The normalized spacial score (nSPS) is 19.1. The summed E-state index contributed by atoms with van der Waals surface area (Å²) in [5, 5.41) is 0.682. The van der Waals surface area contributed by atoms with Crippen LogP contribution >= 0.6 is 11.6 Å². The van der Waals surface area contributed by atoms with Gasteiger partial charge in [-0.3, -0.25) is 4.79 Å². The van der Waals surface area contributed by atoms with Gasteiger partial charge in [0.2, 0.25) is 0 Å². The molecule has 0 unspecified atom stereocenters. The van der Waals surface area contributed by atoms with Crippen molar-refractivity contribution >= 4 is 17.5 Å². The first kappa shape index (κ1) is 15.3. The molecule has 5 heteroatoms. The lowest BCUT2D eigenvalue weighted by Gasteiger charge is -2.33. The molecular weight excluding hydrogens is 278 g/mol. The summed E-state index contributed by atoms with van der Waals surface area (Å²) in [5.41, 5.74) is 1.60. The zero-order valence-corrected chi connectivity index (χ0v) is 12.7. The quantitative estimate of drug-likeness (QED) is 0.857. The van der Waals surface area contributed by atoms with E-state index in [0.29, 0.717) is 36.9 Å². The molecule has 0 N–H and O–H groups in total. The van der Waals surface area contributed by atoms with Gasteiger partial charge in [-0.2, -0.15) is 0 Å². The fourth-order valence-corrected chi connectivity index (χ4v) is 2.41. The van der Waals surface area contributed by atoms with Gasteiger partial charge < -0.3 is 14.4 Å². The summed E-state index contributed by atoms with van der Waals surface area (Å²) in [7, 11) is 1.67. The van der Waals surface area contributed by atoms with E-state index in [0.717, 1.165) is 12.0 Å². The van der Waals surface area contributed by atoms with Crippen molar-refractivity contribution in [3.8, 4) is 0 Å². The lowest BCUT2D eigenvalue weighted by Crippen LogP contribution is -2.46. The SMILES string of the molecule is COCC[C@H]1CN(C(=O)c2ccc(Cl)c(C)c2)CCO1. The van der Waals surface area contributed by atoms with Crippen LogP contribution in [0, 0.1) is 6.92 Å². The van der Waals surface area contributed by atoms with E-state index >= 15 is 0 Å². The van der Waals surface area contributed by atoms with Crippen LogP contribution in [0.25, 0.3) is 0 Å². The average Bonchev–Trinajstić information content (AvgIpc) is 2.47. The molecule has 0 saturated carbocycles. The Morgan fingerprint density at radius 2 is 2.35 bits per heavy atom. The van der Waals surface area contributed by atoms with E-state index in [2.05, 4.69) is 0 Å². The van der Waals surface area contributed by atoms with Crippen LogP contribution in [0.5, 0.6) is 0 Å². The van der Waals surface area contributed by atoms with Crippen molar-refractivity contribution in [2.75, 3.05) is 33.4 Å². The van der Waals surface area contributed by atoms with E-state index < -0.39 is 0 Å². The lowest BCUT2D eigenvalue weighted by atomic mass is 10.1. The third-order valence-corrected chi connectivity index (χ3v) is 3.90. The van der Waals surface area contributed by atoms with Crippen molar-refractivity contribution in [2.24, 2.45) is 0 Å². The van der Waals surface area contributed by atoms with Crippen LogP contribution in [0.4, 0.5) is 0 Å². The number of hydrogen-bond donors (Lipinski definition) is 0. The number of rotatable bonds is 4. The second-order valence-corrected chi connectivity index (χ2v) is 5.40. The van der Waals surface area contributed by atoms with Crippen molar-refractivity contribution in [3.05, 3.63) is 34.3 Å². The molecule has 0 bridgehead atoms. The van der Waals surface area contributed by atoms with Gasteiger partial charge in [0.1, 0.15) is 0 Å². The molecule has 1 amide bonds. The zero-order valence-electron chi connectivity index (χ0n) is 11.9. The molecule has 0 aromatic heterocycles. The van der Waals surface area contributed by atoms with Crippen molar-refractivity contribution < 1.29 is 14.3 Å². The molecule has 0 spiro atoms. The summed E-state index contributed by atoms with van der Waals surface area (Å²) in [5.74, 6) is 0.0375. The molecule has 20 heavy (non-hydrogen) atoms. The van der Waals surface area contributed by atoms with E-state index in [-0.39, 0.29) is 12.0 Å². The van der Waals surface area contributed by atoms with Crippen LogP contribution in [0.15, 0.2) is 18.2 Å². The smallest absolute Gasteiger partial charge is 0.254 e. The summed E-state index contributed by atoms with van der Waals surface area (Å²) in [6.45, 7) is 4.37.